The van der Waals surface area contributed by atoms with Gasteiger partial charge in [0.2, 0.25) is 5.91 Å². The summed E-state index contributed by atoms with van der Waals surface area (Å²) in [7, 11) is 0. The first-order chi connectivity index (χ1) is 9.85. The second kappa shape index (κ2) is 6.65. The number of carbonyl (C=O) groups excluding carboxylic acids is 2. The molecule has 0 spiro atoms. The Bertz CT molecular complexity index is 507. The molecule has 1 fully saturated rings. The number of nitrogens with zero attached hydrogens (tertiary/aromatic N) is 1. The minimum absolute atomic E-state index is 0.102. The van der Waals surface area contributed by atoms with E-state index in [2.05, 4.69) is 20.8 Å². The molecule has 1 heterocycles. The van der Waals surface area contributed by atoms with Gasteiger partial charge in [-0.05, 0) is 12.0 Å². The summed E-state index contributed by atoms with van der Waals surface area (Å²) in [5, 5.41) is 0.165. The molecule has 0 bridgehead atoms. The van der Waals surface area contributed by atoms with E-state index in [1.54, 1.807) is 16.7 Å². The maximum absolute atomic E-state index is 12.1. The van der Waals surface area contributed by atoms with Crippen LogP contribution in [0.1, 0.15) is 39.2 Å². The van der Waals surface area contributed by atoms with Gasteiger partial charge in [-0.3, -0.25) is 9.59 Å². The highest BCUT2D eigenvalue weighted by molar-refractivity contribution is 8.01. The first kappa shape index (κ1) is 16.1. The lowest BCUT2D eigenvalue weighted by molar-refractivity contribution is -0.144. The van der Waals surface area contributed by atoms with Gasteiger partial charge < -0.3 is 4.90 Å². The zero-order chi connectivity index (χ0) is 15.5. The van der Waals surface area contributed by atoms with Gasteiger partial charge in [0.05, 0.1) is 18.3 Å². The van der Waals surface area contributed by atoms with E-state index in [1.807, 2.05) is 30.3 Å². The van der Waals surface area contributed by atoms with Crippen LogP contribution >= 0.6 is 11.8 Å². The molecular formula is C17H23NO2S. The fraction of sp³-hybridized carbons (Fsp3) is 0.529. The quantitative estimate of drug-likeness (QED) is 0.757. The Morgan fingerprint density at radius 2 is 1.95 bits per heavy atom. The molecule has 0 radical (unpaired) electrons. The fourth-order valence-corrected chi connectivity index (χ4v) is 3.69. The van der Waals surface area contributed by atoms with Crippen molar-refractivity contribution in [2.24, 2.45) is 0 Å². The number of likely N-dealkylation sites (tertiary alicyclic amines) is 1. The van der Waals surface area contributed by atoms with Crippen LogP contribution in [0.3, 0.4) is 0 Å². The normalized spacial score (nSPS) is 18.5. The Morgan fingerprint density at radius 3 is 2.52 bits per heavy atom. The number of benzene rings is 1. The Hall–Kier alpha value is -1.29. The van der Waals surface area contributed by atoms with Crippen molar-refractivity contribution >= 4 is 23.5 Å². The highest BCUT2D eigenvalue weighted by Crippen LogP contribution is 2.37. The second-order valence-corrected chi connectivity index (χ2v) is 8.44. The van der Waals surface area contributed by atoms with Crippen LogP contribution in [0.5, 0.6) is 0 Å². The Kier molecular flexibility index (Phi) is 5.09. The summed E-state index contributed by atoms with van der Waals surface area (Å²) in [5.41, 5.74) is 1.17. The first-order valence-electron chi connectivity index (χ1n) is 7.38. The van der Waals surface area contributed by atoms with Crippen LogP contribution in [0.25, 0.3) is 0 Å². The molecule has 1 aromatic carbocycles. The Labute approximate surface area is 131 Å². The SMILES string of the molecule is CC(C)(C)SC1CC(=O)N1CC(=O)CCc1ccccc1. The average Bonchev–Trinajstić information content (AvgIpc) is 2.42. The van der Waals surface area contributed by atoms with Crippen molar-refractivity contribution in [3.63, 3.8) is 0 Å². The van der Waals surface area contributed by atoms with E-state index in [4.69, 9.17) is 0 Å². The van der Waals surface area contributed by atoms with E-state index in [0.29, 0.717) is 12.8 Å². The summed E-state index contributed by atoms with van der Waals surface area (Å²) in [6.45, 7) is 6.67. The van der Waals surface area contributed by atoms with Gasteiger partial charge >= 0.3 is 0 Å². The van der Waals surface area contributed by atoms with Gasteiger partial charge in [-0.25, -0.2) is 0 Å². The third-order valence-electron chi connectivity index (χ3n) is 3.39. The van der Waals surface area contributed by atoms with Crippen molar-refractivity contribution in [2.45, 2.75) is 50.2 Å². The molecule has 114 valence electrons. The number of hydrogen-bond donors (Lipinski definition) is 0. The number of Topliss-reactive ketones (excluding diaryl/α,β-unsaturated/α-hetero) is 1. The smallest absolute Gasteiger partial charge is 0.226 e. The summed E-state index contributed by atoms with van der Waals surface area (Å²) < 4.78 is 0.108. The number of β-lactam (4-membered cyclic amide) rings is 1. The van der Waals surface area contributed by atoms with E-state index in [-0.39, 0.29) is 28.4 Å². The van der Waals surface area contributed by atoms with E-state index < -0.39 is 0 Å². The lowest BCUT2D eigenvalue weighted by Gasteiger charge is -2.42. The summed E-state index contributed by atoms with van der Waals surface area (Å²) >= 11 is 1.76. The van der Waals surface area contributed by atoms with Gasteiger partial charge in [-0.1, -0.05) is 51.1 Å². The molecule has 1 aromatic rings. The van der Waals surface area contributed by atoms with Gasteiger partial charge in [0, 0.05) is 11.2 Å². The summed E-state index contributed by atoms with van der Waals surface area (Å²) in [5.74, 6) is 0.247. The maximum atomic E-state index is 12.1. The Morgan fingerprint density at radius 1 is 1.29 bits per heavy atom. The molecule has 0 aromatic heterocycles. The highest BCUT2D eigenvalue weighted by atomic mass is 32.2. The van der Waals surface area contributed by atoms with E-state index >= 15 is 0 Å². The molecule has 3 nitrogen and oxygen atoms in total. The fourth-order valence-electron chi connectivity index (χ4n) is 2.33. The van der Waals surface area contributed by atoms with Crippen molar-refractivity contribution < 1.29 is 9.59 Å². The van der Waals surface area contributed by atoms with E-state index in [1.165, 1.54) is 5.56 Å². The zero-order valence-electron chi connectivity index (χ0n) is 13.0. The molecule has 2 rings (SSSR count). The number of ketones is 1. The lowest BCUT2D eigenvalue weighted by atomic mass is 10.1. The topological polar surface area (TPSA) is 37.4 Å². The summed E-state index contributed by atoms with van der Waals surface area (Å²) in [4.78, 5) is 25.5. The molecule has 4 heteroatoms. The van der Waals surface area contributed by atoms with Crippen LogP contribution in [0, 0.1) is 0 Å². The van der Waals surface area contributed by atoms with Crippen LogP contribution in [-0.4, -0.2) is 33.3 Å². The lowest BCUT2D eigenvalue weighted by Crippen LogP contribution is -2.53. The minimum atomic E-state index is 0.102. The van der Waals surface area contributed by atoms with Gasteiger partial charge in [0.15, 0.2) is 5.78 Å². The molecule has 1 unspecified atom stereocenters. The van der Waals surface area contributed by atoms with Crippen LogP contribution in [0.15, 0.2) is 30.3 Å². The molecule has 0 aliphatic carbocycles. The first-order valence-corrected chi connectivity index (χ1v) is 8.26. The van der Waals surface area contributed by atoms with Crippen molar-refractivity contribution in [1.29, 1.82) is 0 Å². The summed E-state index contributed by atoms with van der Waals surface area (Å²) in [6, 6.07) is 9.99. The predicted molar refractivity (Wildman–Crippen MR) is 87.2 cm³/mol. The van der Waals surface area contributed by atoms with Gasteiger partial charge in [-0.15, -0.1) is 11.8 Å². The van der Waals surface area contributed by atoms with Crippen molar-refractivity contribution in [3.8, 4) is 0 Å². The average molecular weight is 305 g/mol. The second-order valence-electron chi connectivity index (χ2n) is 6.43. The zero-order valence-corrected chi connectivity index (χ0v) is 13.8. The standard InChI is InChI=1S/C17H23NO2S/c1-17(2,3)21-16-11-15(20)18(16)12-14(19)10-9-13-7-5-4-6-8-13/h4-8,16H,9-12H2,1-3H3. The van der Waals surface area contributed by atoms with Crippen LogP contribution in [0.2, 0.25) is 0 Å². The highest BCUT2D eigenvalue weighted by Gasteiger charge is 2.39. The molecular weight excluding hydrogens is 282 g/mol. The molecule has 21 heavy (non-hydrogen) atoms. The van der Waals surface area contributed by atoms with Crippen LogP contribution in [-0.2, 0) is 16.0 Å². The van der Waals surface area contributed by atoms with Gasteiger partial charge in [0.25, 0.3) is 0 Å². The third-order valence-corrected chi connectivity index (χ3v) is 4.79. The molecule has 1 aliphatic heterocycles. The van der Waals surface area contributed by atoms with Crippen molar-refractivity contribution in [3.05, 3.63) is 35.9 Å². The Balaban J connectivity index is 1.80. The number of thioether (sulfide) groups is 1. The molecule has 1 amide bonds. The largest absolute Gasteiger partial charge is 0.323 e. The molecule has 0 saturated carbocycles. The number of rotatable bonds is 6. The van der Waals surface area contributed by atoms with Crippen LogP contribution in [0.4, 0.5) is 0 Å². The molecule has 1 atom stereocenters. The molecule has 0 N–H and O–H groups in total. The maximum Gasteiger partial charge on any atom is 0.226 e. The van der Waals surface area contributed by atoms with Crippen molar-refractivity contribution in [2.75, 3.05) is 6.54 Å². The predicted octanol–water partition coefficient (Wildman–Crippen LogP) is 3.28. The number of amides is 1. The minimum Gasteiger partial charge on any atom is -0.323 e. The molecule has 1 saturated heterocycles. The van der Waals surface area contributed by atoms with Crippen molar-refractivity contribution in [1.82, 2.24) is 4.90 Å². The van der Waals surface area contributed by atoms with Gasteiger partial charge in [-0.2, -0.15) is 0 Å². The van der Waals surface area contributed by atoms with Gasteiger partial charge in [0.1, 0.15) is 0 Å². The summed E-state index contributed by atoms with van der Waals surface area (Å²) in [6.07, 6.45) is 1.81. The third kappa shape index (κ3) is 4.88. The monoisotopic (exact) mass is 305 g/mol. The van der Waals surface area contributed by atoms with Crippen LogP contribution < -0.4 is 0 Å². The number of aryl methyl sites for hydroxylation is 1. The van der Waals surface area contributed by atoms with E-state index in [0.717, 1.165) is 6.42 Å². The number of carbonyl (C=O) groups is 2. The number of hydrogen-bond acceptors (Lipinski definition) is 3. The molecule has 1 aliphatic rings. The van der Waals surface area contributed by atoms with E-state index in [9.17, 15) is 9.59 Å².